The average molecular weight is 360 g/mol. The third-order valence-electron chi connectivity index (χ3n) is 4.60. The quantitative estimate of drug-likeness (QED) is 0.668. The molecule has 1 aromatic heterocycles. The minimum atomic E-state index is -0.245. The molecule has 0 aliphatic carbocycles. The highest BCUT2D eigenvalue weighted by Crippen LogP contribution is 2.25. The zero-order valence-electron chi connectivity index (χ0n) is 15.6. The maximum absolute atomic E-state index is 13.2. The summed E-state index contributed by atoms with van der Waals surface area (Å²) < 4.78 is 21.2. The molecule has 0 amide bonds. The van der Waals surface area contributed by atoms with Crippen molar-refractivity contribution in [2.75, 3.05) is 20.1 Å². The highest BCUT2D eigenvalue weighted by Gasteiger charge is 2.28. The molecule has 7 nitrogen and oxygen atoms in total. The first kappa shape index (κ1) is 18.3. The first-order chi connectivity index (χ1) is 12.5. The van der Waals surface area contributed by atoms with Crippen LogP contribution in [0.25, 0.3) is 0 Å². The summed E-state index contributed by atoms with van der Waals surface area (Å²) in [5.41, 5.74) is 0.960. The van der Waals surface area contributed by atoms with Gasteiger partial charge >= 0.3 is 0 Å². The van der Waals surface area contributed by atoms with E-state index < -0.39 is 0 Å². The van der Waals surface area contributed by atoms with E-state index in [0.29, 0.717) is 13.1 Å². The van der Waals surface area contributed by atoms with E-state index in [0.717, 1.165) is 29.7 Å². The van der Waals surface area contributed by atoms with E-state index in [9.17, 15) is 4.39 Å². The summed E-state index contributed by atoms with van der Waals surface area (Å²) in [6, 6.07) is 6.47. The van der Waals surface area contributed by atoms with Crippen LogP contribution < -0.4 is 5.32 Å². The summed E-state index contributed by atoms with van der Waals surface area (Å²) in [7, 11) is 3.70. The Labute approximate surface area is 152 Å². The molecule has 0 spiro atoms. The van der Waals surface area contributed by atoms with Crippen molar-refractivity contribution in [2.45, 2.75) is 32.6 Å². The van der Waals surface area contributed by atoms with Crippen LogP contribution in [0.15, 0.2) is 29.3 Å². The molecule has 2 atom stereocenters. The molecule has 26 heavy (non-hydrogen) atoms. The van der Waals surface area contributed by atoms with Crippen molar-refractivity contribution >= 4 is 5.96 Å². The molecule has 2 aromatic rings. The highest BCUT2D eigenvalue weighted by molar-refractivity contribution is 5.80. The van der Waals surface area contributed by atoms with Gasteiger partial charge in [-0.25, -0.2) is 4.39 Å². The molecule has 2 heterocycles. The number of ether oxygens (including phenoxy) is 1. The zero-order chi connectivity index (χ0) is 18.7. The molecule has 2 unspecified atom stereocenters. The predicted octanol–water partition coefficient (Wildman–Crippen LogP) is 1.80. The van der Waals surface area contributed by atoms with Gasteiger partial charge in [0.1, 0.15) is 17.7 Å². The lowest BCUT2D eigenvalue weighted by atomic mass is 10.1. The molecule has 140 valence electrons. The smallest absolute Gasteiger partial charge is 0.194 e. The molecule has 0 saturated carbocycles. The van der Waals surface area contributed by atoms with Crippen molar-refractivity contribution < 1.29 is 9.13 Å². The molecule has 1 saturated heterocycles. The second kappa shape index (κ2) is 7.82. The lowest BCUT2D eigenvalue weighted by Gasteiger charge is -2.38. The molecule has 3 rings (SSSR count). The number of aryl methyl sites for hydroxylation is 1. The van der Waals surface area contributed by atoms with Crippen molar-refractivity contribution in [3.05, 3.63) is 47.3 Å². The number of morpholine rings is 1. The highest BCUT2D eigenvalue weighted by atomic mass is 19.1. The SMILES string of the molecule is CN=C(NCc1nnc(C)n1C)N1CC(C)OC(c2ccc(F)cc2)C1. The molecule has 0 bridgehead atoms. The van der Waals surface area contributed by atoms with Crippen LogP contribution in [-0.2, 0) is 18.3 Å². The van der Waals surface area contributed by atoms with Crippen LogP contribution in [0.2, 0.25) is 0 Å². The summed E-state index contributed by atoms with van der Waals surface area (Å²) >= 11 is 0. The summed E-state index contributed by atoms with van der Waals surface area (Å²) in [5.74, 6) is 2.26. The van der Waals surface area contributed by atoms with Crippen LogP contribution in [0.4, 0.5) is 4.39 Å². The number of hydrogen-bond acceptors (Lipinski definition) is 4. The maximum atomic E-state index is 13.2. The molecule has 1 aromatic carbocycles. The first-order valence-electron chi connectivity index (χ1n) is 8.69. The van der Waals surface area contributed by atoms with Crippen molar-refractivity contribution in [2.24, 2.45) is 12.0 Å². The van der Waals surface area contributed by atoms with Crippen LogP contribution in [0.3, 0.4) is 0 Å². The van der Waals surface area contributed by atoms with E-state index >= 15 is 0 Å². The van der Waals surface area contributed by atoms with Gasteiger partial charge < -0.3 is 19.5 Å². The van der Waals surface area contributed by atoms with Gasteiger partial charge in [0.15, 0.2) is 11.8 Å². The predicted molar refractivity (Wildman–Crippen MR) is 97.2 cm³/mol. The third kappa shape index (κ3) is 4.01. The molecule has 0 radical (unpaired) electrons. The van der Waals surface area contributed by atoms with Crippen LogP contribution >= 0.6 is 0 Å². The average Bonchev–Trinajstić information content (AvgIpc) is 2.94. The largest absolute Gasteiger partial charge is 0.367 e. The number of nitrogens with one attached hydrogen (secondary N) is 1. The van der Waals surface area contributed by atoms with Crippen molar-refractivity contribution in [3.8, 4) is 0 Å². The standard InChI is InChI=1S/C18H25FN6O/c1-12-10-25(11-16(26-12)14-5-7-15(19)8-6-14)18(20-3)21-9-17-23-22-13(2)24(17)4/h5-8,12,16H,9-11H2,1-4H3,(H,20,21). The lowest BCUT2D eigenvalue weighted by Crippen LogP contribution is -2.50. The van der Waals surface area contributed by atoms with Gasteiger partial charge in [-0.3, -0.25) is 4.99 Å². The molecule has 1 aliphatic heterocycles. The van der Waals surface area contributed by atoms with Crippen LogP contribution in [-0.4, -0.2) is 51.9 Å². The number of aliphatic imine (C=N–C) groups is 1. The van der Waals surface area contributed by atoms with Crippen molar-refractivity contribution in [3.63, 3.8) is 0 Å². The first-order valence-corrected chi connectivity index (χ1v) is 8.69. The van der Waals surface area contributed by atoms with E-state index in [1.165, 1.54) is 12.1 Å². The lowest BCUT2D eigenvalue weighted by molar-refractivity contribution is -0.0605. The molecule has 1 fully saturated rings. The molecular weight excluding hydrogens is 335 g/mol. The van der Waals surface area contributed by atoms with Gasteiger partial charge in [0, 0.05) is 20.6 Å². The number of aromatic nitrogens is 3. The number of nitrogens with zero attached hydrogens (tertiary/aromatic N) is 5. The van der Waals surface area contributed by atoms with Crippen molar-refractivity contribution in [1.29, 1.82) is 0 Å². The molecular formula is C18H25FN6O. The third-order valence-corrected chi connectivity index (χ3v) is 4.60. The number of guanidine groups is 1. The van der Waals surface area contributed by atoms with Gasteiger partial charge in [-0.05, 0) is 31.5 Å². The minimum Gasteiger partial charge on any atom is -0.367 e. The second-order valence-corrected chi connectivity index (χ2v) is 6.52. The van der Waals surface area contributed by atoms with Crippen molar-refractivity contribution in [1.82, 2.24) is 25.0 Å². The zero-order valence-corrected chi connectivity index (χ0v) is 15.6. The Hall–Kier alpha value is -2.48. The normalized spacial score (nSPS) is 21.1. The van der Waals surface area contributed by atoms with Gasteiger partial charge in [0.2, 0.25) is 0 Å². The fourth-order valence-electron chi connectivity index (χ4n) is 3.08. The van der Waals surface area contributed by atoms with Gasteiger partial charge in [0.25, 0.3) is 0 Å². The number of benzene rings is 1. The topological polar surface area (TPSA) is 67.6 Å². The van der Waals surface area contributed by atoms with Gasteiger partial charge in [-0.15, -0.1) is 10.2 Å². The van der Waals surface area contributed by atoms with Crippen LogP contribution in [0, 0.1) is 12.7 Å². The Morgan fingerprint density at radius 3 is 2.65 bits per heavy atom. The summed E-state index contributed by atoms with van der Waals surface area (Å²) in [6.07, 6.45) is -0.0931. The van der Waals surface area contributed by atoms with Crippen LogP contribution in [0.5, 0.6) is 0 Å². The van der Waals surface area contributed by atoms with E-state index in [1.807, 2.05) is 25.5 Å². The van der Waals surface area contributed by atoms with Gasteiger partial charge in [-0.1, -0.05) is 12.1 Å². The summed E-state index contributed by atoms with van der Waals surface area (Å²) in [4.78, 5) is 6.56. The minimum absolute atomic E-state index is 0.0365. The monoisotopic (exact) mass is 360 g/mol. The second-order valence-electron chi connectivity index (χ2n) is 6.52. The molecule has 1 aliphatic rings. The number of hydrogen-bond donors (Lipinski definition) is 1. The van der Waals surface area contributed by atoms with Gasteiger partial charge in [0.05, 0.1) is 19.2 Å². The Balaban J connectivity index is 1.69. The Bertz CT molecular complexity index is 772. The van der Waals surface area contributed by atoms with E-state index in [4.69, 9.17) is 4.74 Å². The van der Waals surface area contributed by atoms with E-state index in [2.05, 4.69) is 25.4 Å². The number of rotatable bonds is 3. The number of halogens is 1. The Kier molecular flexibility index (Phi) is 5.51. The summed E-state index contributed by atoms with van der Waals surface area (Å²) in [5, 5.41) is 11.6. The molecule has 8 heteroatoms. The Morgan fingerprint density at radius 2 is 2.04 bits per heavy atom. The maximum Gasteiger partial charge on any atom is 0.194 e. The molecule has 1 N–H and O–H groups in total. The van der Waals surface area contributed by atoms with E-state index in [-0.39, 0.29) is 18.0 Å². The Morgan fingerprint density at radius 1 is 1.31 bits per heavy atom. The summed E-state index contributed by atoms with van der Waals surface area (Å²) in [6.45, 7) is 5.87. The van der Waals surface area contributed by atoms with Gasteiger partial charge in [-0.2, -0.15) is 0 Å². The van der Waals surface area contributed by atoms with E-state index in [1.54, 1.807) is 19.2 Å². The fraction of sp³-hybridized carbons (Fsp3) is 0.500. The van der Waals surface area contributed by atoms with Crippen LogP contribution in [0.1, 0.15) is 30.2 Å². The fourth-order valence-corrected chi connectivity index (χ4v) is 3.08.